The van der Waals surface area contributed by atoms with Gasteiger partial charge < -0.3 is 26.0 Å². The summed E-state index contributed by atoms with van der Waals surface area (Å²) in [6.45, 7) is 6.29. The topological polar surface area (TPSA) is 152 Å². The summed E-state index contributed by atoms with van der Waals surface area (Å²) >= 11 is 0. The van der Waals surface area contributed by atoms with E-state index in [1.54, 1.807) is 29.2 Å². The van der Waals surface area contributed by atoms with E-state index in [1.165, 1.54) is 6.08 Å². The van der Waals surface area contributed by atoms with Crippen molar-refractivity contribution in [3.63, 3.8) is 0 Å². The number of hydrogen-bond acceptors (Lipinski definition) is 9. The fraction of sp³-hybridized carbons (Fsp3) is 0.259. The van der Waals surface area contributed by atoms with E-state index in [9.17, 15) is 14.4 Å². The van der Waals surface area contributed by atoms with Gasteiger partial charge in [-0.05, 0) is 49.6 Å². The highest BCUT2D eigenvalue weighted by atomic mass is 16.5. The lowest BCUT2D eigenvalue weighted by Crippen LogP contribution is -2.51. The van der Waals surface area contributed by atoms with Gasteiger partial charge in [-0.3, -0.25) is 9.59 Å². The van der Waals surface area contributed by atoms with Gasteiger partial charge in [0.1, 0.15) is 6.61 Å². The minimum absolute atomic E-state index is 0.0762. The van der Waals surface area contributed by atoms with Crippen molar-refractivity contribution in [2.75, 3.05) is 17.2 Å². The molecule has 0 spiro atoms. The maximum Gasteiger partial charge on any atom is 0.338 e. The minimum atomic E-state index is -0.814. The Morgan fingerprint density at radius 2 is 1.95 bits per heavy atom. The van der Waals surface area contributed by atoms with Gasteiger partial charge in [0.05, 0.1) is 5.56 Å². The number of esters is 1. The second-order valence-electron chi connectivity index (χ2n) is 8.83. The number of likely N-dealkylation sites (tertiary alicyclic amines) is 1. The highest BCUT2D eigenvalue weighted by Crippen LogP contribution is 2.23. The standard InChI is InChI=1S/C27H29N7O4/c1-3-22(35)34-14-8-13-21(17(34)2)30-27-31-25(23(24(28)36)32-33-27)29-20-12-7-11-19(15-20)26(37)38-16-18-9-5-4-6-10-18/h3-7,9-12,15,17,21H,1,8,13-14,16H2,2H3,(H2,28,36)(H2,29,30,31,33)/t17-,21-/m1/s1. The number of nitrogens with two attached hydrogens (primary N) is 1. The molecule has 2 aromatic carbocycles. The zero-order valence-corrected chi connectivity index (χ0v) is 21.0. The quantitative estimate of drug-likeness (QED) is 0.288. The van der Waals surface area contributed by atoms with Crippen molar-refractivity contribution in [3.8, 4) is 0 Å². The maximum absolute atomic E-state index is 12.6. The van der Waals surface area contributed by atoms with E-state index in [1.807, 2.05) is 37.3 Å². The molecule has 2 amide bonds. The van der Waals surface area contributed by atoms with Crippen LogP contribution in [-0.2, 0) is 16.1 Å². The Balaban J connectivity index is 1.50. The number of hydrogen-bond donors (Lipinski definition) is 3. The Morgan fingerprint density at radius 1 is 1.16 bits per heavy atom. The number of benzene rings is 2. The van der Waals surface area contributed by atoms with Gasteiger partial charge in [0, 0.05) is 24.3 Å². The Hall–Kier alpha value is -4.80. The molecule has 196 valence electrons. The largest absolute Gasteiger partial charge is 0.457 e. The molecule has 4 rings (SSSR count). The second kappa shape index (κ2) is 12.0. The van der Waals surface area contributed by atoms with Crippen molar-refractivity contribution in [3.05, 3.63) is 84.1 Å². The van der Waals surface area contributed by atoms with Gasteiger partial charge in [-0.15, -0.1) is 10.2 Å². The van der Waals surface area contributed by atoms with Crippen LogP contribution in [0.3, 0.4) is 0 Å². The van der Waals surface area contributed by atoms with Gasteiger partial charge in [-0.25, -0.2) is 4.79 Å². The number of aromatic nitrogens is 3. The third-order valence-corrected chi connectivity index (χ3v) is 6.25. The molecule has 0 unspecified atom stereocenters. The SMILES string of the molecule is C=CC(=O)N1CCC[C@@H](Nc2nnc(C(N)=O)c(Nc3cccc(C(=O)OCc4ccccc4)c3)n2)[C@H]1C. The van der Waals surface area contributed by atoms with E-state index in [2.05, 4.69) is 32.4 Å². The van der Waals surface area contributed by atoms with E-state index < -0.39 is 11.9 Å². The van der Waals surface area contributed by atoms with Crippen LogP contribution in [-0.4, -0.2) is 56.5 Å². The van der Waals surface area contributed by atoms with Crippen molar-refractivity contribution < 1.29 is 19.1 Å². The minimum Gasteiger partial charge on any atom is -0.457 e. The molecule has 11 nitrogen and oxygen atoms in total. The molecule has 38 heavy (non-hydrogen) atoms. The van der Waals surface area contributed by atoms with Crippen LogP contribution < -0.4 is 16.4 Å². The lowest BCUT2D eigenvalue weighted by molar-refractivity contribution is -0.129. The van der Waals surface area contributed by atoms with Gasteiger partial charge in [-0.1, -0.05) is 43.0 Å². The molecule has 0 bridgehead atoms. The van der Waals surface area contributed by atoms with Crippen molar-refractivity contribution in [2.24, 2.45) is 5.73 Å². The van der Waals surface area contributed by atoms with Crippen molar-refractivity contribution in [1.82, 2.24) is 20.1 Å². The first-order chi connectivity index (χ1) is 18.4. The number of ether oxygens (including phenoxy) is 1. The molecule has 2 atom stereocenters. The van der Waals surface area contributed by atoms with Gasteiger partial charge in [-0.2, -0.15) is 4.98 Å². The summed E-state index contributed by atoms with van der Waals surface area (Å²) in [6, 6.07) is 15.7. The Morgan fingerprint density at radius 3 is 2.68 bits per heavy atom. The summed E-state index contributed by atoms with van der Waals surface area (Å²) in [5.41, 5.74) is 7.00. The highest BCUT2D eigenvalue weighted by Gasteiger charge is 2.31. The number of nitrogens with zero attached hydrogens (tertiary/aromatic N) is 4. The van der Waals surface area contributed by atoms with E-state index in [-0.39, 0.29) is 42.1 Å². The number of carbonyl (C=O) groups excluding carboxylic acids is 3. The highest BCUT2D eigenvalue weighted by molar-refractivity contribution is 5.96. The van der Waals surface area contributed by atoms with Gasteiger partial charge in [0.15, 0.2) is 11.5 Å². The molecule has 0 saturated carbocycles. The molecule has 3 aromatic rings. The van der Waals surface area contributed by atoms with Crippen LogP contribution in [0.4, 0.5) is 17.5 Å². The van der Waals surface area contributed by atoms with Gasteiger partial charge >= 0.3 is 5.97 Å². The molecule has 1 saturated heterocycles. The molecule has 1 fully saturated rings. The number of anilines is 3. The molecule has 2 heterocycles. The summed E-state index contributed by atoms with van der Waals surface area (Å²) in [5, 5.41) is 14.2. The van der Waals surface area contributed by atoms with E-state index >= 15 is 0 Å². The number of carbonyl (C=O) groups is 3. The van der Waals surface area contributed by atoms with Crippen LogP contribution in [0.5, 0.6) is 0 Å². The molecule has 4 N–H and O–H groups in total. The third kappa shape index (κ3) is 6.30. The monoisotopic (exact) mass is 515 g/mol. The summed E-state index contributed by atoms with van der Waals surface area (Å²) in [7, 11) is 0. The lowest BCUT2D eigenvalue weighted by atomic mass is 9.97. The number of rotatable bonds is 9. The first kappa shape index (κ1) is 26.3. The smallest absolute Gasteiger partial charge is 0.338 e. The van der Waals surface area contributed by atoms with E-state index in [0.717, 1.165) is 18.4 Å². The summed E-state index contributed by atoms with van der Waals surface area (Å²) in [4.78, 5) is 42.9. The second-order valence-corrected chi connectivity index (χ2v) is 8.83. The van der Waals surface area contributed by atoms with Crippen molar-refractivity contribution in [1.29, 1.82) is 0 Å². The lowest BCUT2D eigenvalue weighted by Gasteiger charge is -2.39. The molecular weight excluding hydrogens is 486 g/mol. The van der Waals surface area contributed by atoms with Crippen LogP contribution in [0.25, 0.3) is 0 Å². The fourth-order valence-corrected chi connectivity index (χ4v) is 4.24. The predicted octanol–water partition coefficient (Wildman–Crippen LogP) is 3.05. The molecule has 1 aliphatic rings. The average Bonchev–Trinajstić information content (AvgIpc) is 2.93. The normalized spacial score (nSPS) is 16.8. The predicted molar refractivity (Wildman–Crippen MR) is 142 cm³/mol. The number of piperidine rings is 1. The molecule has 0 radical (unpaired) electrons. The van der Waals surface area contributed by atoms with E-state index in [0.29, 0.717) is 17.8 Å². The van der Waals surface area contributed by atoms with Gasteiger partial charge in [0.2, 0.25) is 11.9 Å². The van der Waals surface area contributed by atoms with Crippen molar-refractivity contribution >= 4 is 35.2 Å². The number of primary amides is 1. The average molecular weight is 516 g/mol. The van der Waals surface area contributed by atoms with Crippen LogP contribution in [0.15, 0.2) is 67.3 Å². The van der Waals surface area contributed by atoms with Crippen LogP contribution in [0.1, 0.15) is 46.2 Å². The van der Waals surface area contributed by atoms with Crippen LogP contribution in [0, 0.1) is 0 Å². The first-order valence-electron chi connectivity index (χ1n) is 12.2. The Labute approximate surface area is 220 Å². The van der Waals surface area contributed by atoms with Gasteiger partial charge in [0.25, 0.3) is 5.91 Å². The Bertz CT molecular complexity index is 1330. The van der Waals surface area contributed by atoms with Crippen LogP contribution >= 0.6 is 0 Å². The Kier molecular flexibility index (Phi) is 8.27. The fourth-order valence-electron chi connectivity index (χ4n) is 4.24. The zero-order chi connectivity index (χ0) is 27.1. The molecule has 1 aliphatic heterocycles. The maximum atomic E-state index is 12.6. The molecule has 0 aliphatic carbocycles. The van der Waals surface area contributed by atoms with Crippen LogP contribution in [0.2, 0.25) is 0 Å². The number of amides is 2. The summed E-state index contributed by atoms with van der Waals surface area (Å²) in [5.74, 6) is -1.21. The summed E-state index contributed by atoms with van der Waals surface area (Å²) in [6.07, 6.45) is 2.89. The molecule has 11 heteroatoms. The third-order valence-electron chi connectivity index (χ3n) is 6.25. The number of nitrogens with one attached hydrogen (secondary N) is 2. The van der Waals surface area contributed by atoms with E-state index in [4.69, 9.17) is 10.5 Å². The summed E-state index contributed by atoms with van der Waals surface area (Å²) < 4.78 is 5.41. The molecular formula is C27H29N7O4. The van der Waals surface area contributed by atoms with Crippen molar-refractivity contribution in [2.45, 2.75) is 38.5 Å². The zero-order valence-electron chi connectivity index (χ0n) is 21.0. The first-order valence-corrected chi connectivity index (χ1v) is 12.2. The molecule has 1 aromatic heterocycles.